The van der Waals surface area contributed by atoms with E-state index >= 15 is 0 Å². The first-order valence-corrected chi connectivity index (χ1v) is 8.62. The summed E-state index contributed by atoms with van der Waals surface area (Å²) in [4.78, 5) is 21.2. The Hall–Kier alpha value is -2.42. The largest absolute Gasteiger partial charge is 0.495 e. The van der Waals surface area contributed by atoms with Crippen LogP contribution in [0.15, 0.2) is 29.8 Å². The number of amides is 1. The summed E-state index contributed by atoms with van der Waals surface area (Å²) < 4.78 is 6.03. The first kappa shape index (κ1) is 17.4. The highest BCUT2D eigenvalue weighted by molar-refractivity contribution is 7.17. The van der Waals surface area contributed by atoms with Gasteiger partial charge in [-0.3, -0.25) is 4.79 Å². The number of benzene rings is 1. The number of thiophene rings is 1. The maximum absolute atomic E-state index is 12.7. The number of hydrogen-bond donors (Lipinski definition) is 3. The normalized spacial score (nSPS) is 10.7. The van der Waals surface area contributed by atoms with Crippen molar-refractivity contribution in [1.82, 2.24) is 9.97 Å². The van der Waals surface area contributed by atoms with E-state index < -0.39 is 0 Å². The molecule has 1 amide bonds. The fraction of sp³-hybridized carbons (Fsp3) is 0.188. The quantitative estimate of drug-likeness (QED) is 0.610. The zero-order valence-electron chi connectivity index (χ0n) is 13.2. The third-order valence-electron chi connectivity index (χ3n) is 3.36. The van der Waals surface area contributed by atoms with Gasteiger partial charge in [0.25, 0.3) is 5.91 Å². The molecule has 130 valence electrons. The SMILES string of the molecule is COc1ccc(Cl)cc1NC(=O)c1csc2cnc(NCCO)nc12. The lowest BCUT2D eigenvalue weighted by atomic mass is 10.2. The van der Waals surface area contributed by atoms with Crippen molar-refractivity contribution in [2.45, 2.75) is 0 Å². The Morgan fingerprint density at radius 1 is 1.44 bits per heavy atom. The third kappa shape index (κ3) is 3.81. The molecule has 0 unspecified atom stereocenters. The van der Waals surface area contributed by atoms with E-state index in [1.54, 1.807) is 29.8 Å². The molecule has 3 N–H and O–H groups in total. The number of nitrogens with zero attached hydrogens (tertiary/aromatic N) is 2. The van der Waals surface area contributed by atoms with Gasteiger partial charge >= 0.3 is 0 Å². The van der Waals surface area contributed by atoms with Crippen molar-refractivity contribution >= 4 is 50.7 Å². The average Bonchev–Trinajstić information content (AvgIpc) is 3.03. The number of aromatic nitrogens is 2. The van der Waals surface area contributed by atoms with E-state index in [1.165, 1.54) is 18.4 Å². The van der Waals surface area contributed by atoms with Crippen molar-refractivity contribution < 1.29 is 14.6 Å². The fourth-order valence-corrected chi connectivity index (χ4v) is 3.23. The van der Waals surface area contributed by atoms with Gasteiger partial charge in [0.1, 0.15) is 5.75 Å². The fourth-order valence-electron chi connectivity index (χ4n) is 2.21. The predicted molar refractivity (Wildman–Crippen MR) is 98.9 cm³/mol. The van der Waals surface area contributed by atoms with Crippen molar-refractivity contribution in [3.63, 3.8) is 0 Å². The number of methoxy groups -OCH3 is 1. The standard InChI is InChI=1S/C16H15ClN4O3S/c1-24-12-3-2-9(17)6-11(12)20-15(23)10-8-25-13-7-19-16(18-4-5-22)21-14(10)13/h2-3,6-8,22H,4-5H2,1H3,(H,20,23)(H,18,19,21). The number of ether oxygens (including phenoxy) is 1. The van der Waals surface area contributed by atoms with Gasteiger partial charge < -0.3 is 20.5 Å². The third-order valence-corrected chi connectivity index (χ3v) is 4.50. The van der Waals surface area contributed by atoms with Crippen molar-refractivity contribution in [2.24, 2.45) is 0 Å². The molecule has 1 aromatic carbocycles. The average molecular weight is 379 g/mol. The van der Waals surface area contributed by atoms with E-state index in [0.29, 0.717) is 40.0 Å². The molecule has 25 heavy (non-hydrogen) atoms. The lowest BCUT2D eigenvalue weighted by Crippen LogP contribution is -2.13. The molecule has 0 fully saturated rings. The van der Waals surface area contributed by atoms with Gasteiger partial charge in [-0.15, -0.1) is 11.3 Å². The Kier molecular flexibility index (Phi) is 5.32. The second-order valence-corrected chi connectivity index (χ2v) is 6.35. The molecule has 0 atom stereocenters. The molecule has 2 aromatic heterocycles. The molecule has 3 aromatic rings. The summed E-state index contributed by atoms with van der Waals surface area (Å²) in [5, 5.41) is 16.8. The summed E-state index contributed by atoms with van der Waals surface area (Å²) in [6, 6.07) is 4.99. The molecule has 3 rings (SSSR count). The van der Waals surface area contributed by atoms with Crippen molar-refractivity contribution in [2.75, 3.05) is 30.9 Å². The van der Waals surface area contributed by atoms with E-state index in [9.17, 15) is 4.79 Å². The molecule has 0 saturated carbocycles. The van der Waals surface area contributed by atoms with Crippen LogP contribution in [0.3, 0.4) is 0 Å². The van der Waals surface area contributed by atoms with Crippen LogP contribution in [0.2, 0.25) is 5.02 Å². The predicted octanol–water partition coefficient (Wildman–Crippen LogP) is 3.01. The summed E-state index contributed by atoms with van der Waals surface area (Å²) in [7, 11) is 1.52. The van der Waals surface area contributed by atoms with E-state index in [2.05, 4.69) is 20.6 Å². The molecule has 0 spiro atoms. The number of nitrogens with one attached hydrogen (secondary N) is 2. The van der Waals surface area contributed by atoms with Crippen LogP contribution in [0.25, 0.3) is 10.2 Å². The Labute approximate surface area is 152 Å². The molecule has 0 aliphatic rings. The highest BCUT2D eigenvalue weighted by Gasteiger charge is 2.16. The van der Waals surface area contributed by atoms with Crippen molar-refractivity contribution in [3.05, 3.63) is 40.4 Å². The monoisotopic (exact) mass is 378 g/mol. The van der Waals surface area contributed by atoms with E-state index in [1.807, 2.05) is 0 Å². The maximum atomic E-state index is 12.7. The first-order chi connectivity index (χ1) is 12.1. The Balaban J connectivity index is 1.90. The van der Waals surface area contributed by atoms with Crippen LogP contribution in [-0.2, 0) is 0 Å². The van der Waals surface area contributed by atoms with Crippen LogP contribution in [0.5, 0.6) is 5.75 Å². The summed E-state index contributed by atoms with van der Waals surface area (Å²) in [5.41, 5.74) is 1.45. The summed E-state index contributed by atoms with van der Waals surface area (Å²) in [6.07, 6.45) is 1.64. The Bertz CT molecular complexity index is 916. The summed E-state index contributed by atoms with van der Waals surface area (Å²) >= 11 is 7.37. The van der Waals surface area contributed by atoms with Crippen LogP contribution >= 0.6 is 22.9 Å². The molecule has 9 heteroatoms. The van der Waals surface area contributed by atoms with Crippen LogP contribution in [0.4, 0.5) is 11.6 Å². The minimum Gasteiger partial charge on any atom is -0.495 e. The molecular formula is C16H15ClN4O3S. The molecule has 0 aliphatic heterocycles. The van der Waals surface area contributed by atoms with Crippen LogP contribution in [-0.4, -0.2) is 41.2 Å². The van der Waals surface area contributed by atoms with E-state index in [-0.39, 0.29) is 12.5 Å². The molecule has 7 nitrogen and oxygen atoms in total. The van der Waals surface area contributed by atoms with E-state index in [0.717, 1.165) is 4.70 Å². The summed E-state index contributed by atoms with van der Waals surface area (Å²) in [6.45, 7) is 0.295. The van der Waals surface area contributed by atoms with E-state index in [4.69, 9.17) is 21.4 Å². The number of anilines is 2. The van der Waals surface area contributed by atoms with Gasteiger partial charge in [0.05, 0.1) is 41.4 Å². The maximum Gasteiger partial charge on any atom is 0.258 e. The zero-order valence-corrected chi connectivity index (χ0v) is 14.8. The van der Waals surface area contributed by atoms with Gasteiger partial charge in [-0.1, -0.05) is 11.6 Å². The zero-order chi connectivity index (χ0) is 17.8. The van der Waals surface area contributed by atoms with Crippen LogP contribution in [0, 0.1) is 0 Å². The Morgan fingerprint density at radius 3 is 3.04 bits per heavy atom. The Morgan fingerprint density at radius 2 is 2.28 bits per heavy atom. The van der Waals surface area contributed by atoms with Gasteiger partial charge in [0.15, 0.2) is 0 Å². The molecule has 0 bridgehead atoms. The van der Waals surface area contributed by atoms with Gasteiger partial charge in [-0.05, 0) is 18.2 Å². The lowest BCUT2D eigenvalue weighted by Gasteiger charge is -2.10. The molecule has 2 heterocycles. The van der Waals surface area contributed by atoms with Crippen molar-refractivity contribution in [3.8, 4) is 5.75 Å². The van der Waals surface area contributed by atoms with Gasteiger partial charge in [0, 0.05) is 16.9 Å². The molecule has 0 aliphatic carbocycles. The topological polar surface area (TPSA) is 96.4 Å². The smallest absolute Gasteiger partial charge is 0.258 e. The van der Waals surface area contributed by atoms with Gasteiger partial charge in [-0.25, -0.2) is 9.97 Å². The summed E-state index contributed by atoms with van der Waals surface area (Å²) in [5.74, 6) is 0.546. The minimum absolute atomic E-state index is 0.0348. The highest BCUT2D eigenvalue weighted by Crippen LogP contribution is 2.30. The minimum atomic E-state index is -0.321. The van der Waals surface area contributed by atoms with Gasteiger partial charge in [0.2, 0.25) is 5.95 Å². The molecule has 0 saturated heterocycles. The number of hydrogen-bond acceptors (Lipinski definition) is 7. The highest BCUT2D eigenvalue weighted by atomic mass is 35.5. The second-order valence-electron chi connectivity index (χ2n) is 5.00. The number of fused-ring (bicyclic) bond motifs is 1. The first-order valence-electron chi connectivity index (χ1n) is 7.36. The number of rotatable bonds is 6. The van der Waals surface area contributed by atoms with Crippen molar-refractivity contribution in [1.29, 1.82) is 0 Å². The number of aliphatic hydroxyl groups is 1. The van der Waals surface area contributed by atoms with Gasteiger partial charge in [-0.2, -0.15) is 0 Å². The number of carbonyl (C=O) groups is 1. The number of carbonyl (C=O) groups excluding carboxylic acids is 1. The number of halogens is 1. The van der Waals surface area contributed by atoms with Crippen LogP contribution < -0.4 is 15.4 Å². The molecule has 0 radical (unpaired) electrons. The second kappa shape index (κ2) is 7.64. The lowest BCUT2D eigenvalue weighted by molar-refractivity contribution is 0.102. The molecular weight excluding hydrogens is 364 g/mol. The van der Waals surface area contributed by atoms with Crippen LogP contribution in [0.1, 0.15) is 10.4 Å². The number of aliphatic hydroxyl groups excluding tert-OH is 1.